The molecule has 1 aliphatic heterocycles. The molecule has 2 heterocycles. The average Bonchev–Trinajstić information content (AvgIpc) is 3.11. The quantitative estimate of drug-likeness (QED) is 0.913. The van der Waals surface area contributed by atoms with Crippen LogP contribution in [0, 0.1) is 23.7 Å². The highest BCUT2D eigenvalue weighted by molar-refractivity contribution is 5.92. The van der Waals surface area contributed by atoms with Gasteiger partial charge in [0.05, 0.1) is 12.2 Å². The molecule has 1 saturated heterocycles. The molecule has 5 aliphatic rings. The van der Waals surface area contributed by atoms with Gasteiger partial charge in [0, 0.05) is 13.1 Å². The van der Waals surface area contributed by atoms with E-state index in [1.54, 1.807) is 0 Å². The van der Waals surface area contributed by atoms with E-state index in [0.717, 1.165) is 37.8 Å². The van der Waals surface area contributed by atoms with Crippen molar-refractivity contribution in [2.24, 2.45) is 23.7 Å². The second kappa shape index (κ2) is 6.08. The lowest BCUT2D eigenvalue weighted by Crippen LogP contribution is -2.56. The molecule has 0 aromatic carbocycles. The van der Waals surface area contributed by atoms with Crippen LogP contribution >= 0.6 is 0 Å². The SMILES string of the molecule is CN(C(=O)c1cn(C2CCNCC2)nn1)C1C2CC3CC(C2)CC1C3. The molecule has 6 heteroatoms. The van der Waals surface area contributed by atoms with E-state index in [0.29, 0.717) is 29.6 Å². The van der Waals surface area contributed by atoms with Crippen LogP contribution in [0.4, 0.5) is 0 Å². The Hall–Kier alpha value is -1.43. The maximum Gasteiger partial charge on any atom is 0.276 e. The summed E-state index contributed by atoms with van der Waals surface area (Å²) in [5.74, 6) is 3.36. The predicted octanol–water partition coefficient (Wildman–Crippen LogP) is 2.10. The fraction of sp³-hybridized carbons (Fsp3) is 0.842. The van der Waals surface area contributed by atoms with Gasteiger partial charge in [0.25, 0.3) is 5.91 Å². The Balaban J connectivity index is 1.31. The molecule has 0 spiro atoms. The van der Waals surface area contributed by atoms with Crippen molar-refractivity contribution in [1.29, 1.82) is 0 Å². The van der Waals surface area contributed by atoms with E-state index in [2.05, 4.69) is 15.6 Å². The summed E-state index contributed by atoms with van der Waals surface area (Å²) in [6.07, 6.45) is 10.8. The Morgan fingerprint density at radius 2 is 1.76 bits per heavy atom. The minimum Gasteiger partial charge on any atom is -0.337 e. The van der Waals surface area contributed by atoms with Gasteiger partial charge in [0.1, 0.15) is 0 Å². The largest absolute Gasteiger partial charge is 0.337 e. The number of carbonyl (C=O) groups is 1. The molecule has 1 aromatic heterocycles. The molecule has 25 heavy (non-hydrogen) atoms. The van der Waals surface area contributed by atoms with Crippen LogP contribution in [0.5, 0.6) is 0 Å². The zero-order valence-corrected chi connectivity index (χ0v) is 15.1. The lowest BCUT2D eigenvalue weighted by molar-refractivity contribution is -0.0492. The van der Waals surface area contributed by atoms with Crippen LogP contribution < -0.4 is 5.32 Å². The molecule has 4 bridgehead atoms. The maximum absolute atomic E-state index is 13.1. The topological polar surface area (TPSA) is 63.1 Å². The minimum atomic E-state index is 0.0673. The number of rotatable bonds is 3. The molecule has 6 nitrogen and oxygen atoms in total. The van der Waals surface area contributed by atoms with Crippen molar-refractivity contribution in [3.8, 4) is 0 Å². The number of hydrogen-bond donors (Lipinski definition) is 1. The number of amides is 1. The van der Waals surface area contributed by atoms with Gasteiger partial charge in [-0.1, -0.05) is 5.21 Å². The highest BCUT2D eigenvalue weighted by Crippen LogP contribution is 2.55. The monoisotopic (exact) mass is 343 g/mol. The first kappa shape index (κ1) is 15.8. The Kier molecular flexibility index (Phi) is 3.84. The summed E-state index contributed by atoms with van der Waals surface area (Å²) in [7, 11) is 2.00. The number of piperidine rings is 1. The van der Waals surface area contributed by atoms with Crippen molar-refractivity contribution in [3.63, 3.8) is 0 Å². The van der Waals surface area contributed by atoms with Crippen LogP contribution in [-0.4, -0.2) is 52.0 Å². The lowest BCUT2D eigenvalue weighted by atomic mass is 9.54. The summed E-state index contributed by atoms with van der Waals surface area (Å²) < 4.78 is 1.92. The number of nitrogens with one attached hydrogen (secondary N) is 1. The van der Waals surface area contributed by atoms with E-state index in [1.807, 2.05) is 22.8 Å². The third kappa shape index (κ3) is 2.69. The molecule has 6 rings (SSSR count). The van der Waals surface area contributed by atoms with E-state index in [4.69, 9.17) is 0 Å². The van der Waals surface area contributed by atoms with Crippen LogP contribution in [-0.2, 0) is 0 Å². The van der Waals surface area contributed by atoms with E-state index in [-0.39, 0.29) is 5.91 Å². The van der Waals surface area contributed by atoms with Crippen molar-refractivity contribution in [3.05, 3.63) is 11.9 Å². The third-order valence-corrected chi connectivity index (χ3v) is 7.36. The highest BCUT2D eigenvalue weighted by Gasteiger charge is 2.50. The van der Waals surface area contributed by atoms with Crippen LogP contribution in [0.15, 0.2) is 6.20 Å². The molecule has 1 N–H and O–H groups in total. The first-order valence-electron chi connectivity index (χ1n) is 10.1. The summed E-state index contributed by atoms with van der Waals surface area (Å²) >= 11 is 0. The lowest BCUT2D eigenvalue weighted by Gasteiger charge is -2.56. The van der Waals surface area contributed by atoms with Gasteiger partial charge < -0.3 is 10.2 Å². The molecule has 4 saturated carbocycles. The Labute approximate surface area is 149 Å². The van der Waals surface area contributed by atoms with Crippen molar-refractivity contribution < 1.29 is 4.79 Å². The standard InChI is InChI=1S/C19H29N5O/c1-23(18-14-7-12-6-13(9-14)10-15(18)8-12)19(25)17-11-24(22-21-17)16-2-4-20-5-3-16/h11-16,18,20H,2-10H2,1H3. The van der Waals surface area contributed by atoms with Crippen molar-refractivity contribution in [2.75, 3.05) is 20.1 Å². The second-order valence-corrected chi connectivity index (χ2v) is 8.90. The number of carbonyl (C=O) groups excluding carboxylic acids is 1. The minimum absolute atomic E-state index is 0.0673. The summed E-state index contributed by atoms with van der Waals surface area (Å²) in [5, 5.41) is 11.9. The van der Waals surface area contributed by atoms with Crippen molar-refractivity contribution in [1.82, 2.24) is 25.2 Å². The van der Waals surface area contributed by atoms with E-state index in [9.17, 15) is 4.79 Å². The third-order valence-electron chi connectivity index (χ3n) is 7.36. The summed E-state index contributed by atoms with van der Waals surface area (Å²) in [6.45, 7) is 2.03. The fourth-order valence-corrected chi connectivity index (χ4v) is 6.47. The molecule has 136 valence electrons. The molecule has 1 amide bonds. The number of hydrogen-bond acceptors (Lipinski definition) is 4. The predicted molar refractivity (Wildman–Crippen MR) is 94.1 cm³/mol. The van der Waals surface area contributed by atoms with Crippen LogP contribution in [0.1, 0.15) is 61.5 Å². The zero-order valence-electron chi connectivity index (χ0n) is 15.1. The van der Waals surface area contributed by atoms with Gasteiger partial charge >= 0.3 is 0 Å². The second-order valence-electron chi connectivity index (χ2n) is 8.90. The highest BCUT2D eigenvalue weighted by atomic mass is 16.2. The molecule has 0 unspecified atom stereocenters. The molecule has 1 aromatic rings. The van der Waals surface area contributed by atoms with E-state index in [1.165, 1.54) is 32.1 Å². The van der Waals surface area contributed by atoms with Crippen LogP contribution in [0.25, 0.3) is 0 Å². The fourth-order valence-electron chi connectivity index (χ4n) is 6.47. The van der Waals surface area contributed by atoms with Gasteiger partial charge in [0.15, 0.2) is 5.69 Å². The van der Waals surface area contributed by atoms with Gasteiger partial charge in [0.2, 0.25) is 0 Å². The summed E-state index contributed by atoms with van der Waals surface area (Å²) in [6, 6.07) is 0.797. The van der Waals surface area contributed by atoms with E-state index < -0.39 is 0 Å². The van der Waals surface area contributed by atoms with Crippen LogP contribution in [0.3, 0.4) is 0 Å². The zero-order chi connectivity index (χ0) is 17.0. The normalized spacial score (nSPS) is 37.4. The van der Waals surface area contributed by atoms with Gasteiger partial charge in [-0.25, -0.2) is 4.68 Å². The van der Waals surface area contributed by atoms with Crippen molar-refractivity contribution >= 4 is 5.91 Å². The smallest absolute Gasteiger partial charge is 0.276 e. The first-order valence-corrected chi connectivity index (χ1v) is 10.1. The Morgan fingerprint density at radius 3 is 2.40 bits per heavy atom. The first-order chi connectivity index (χ1) is 12.2. The number of aromatic nitrogens is 3. The van der Waals surface area contributed by atoms with Gasteiger partial charge in [-0.15, -0.1) is 5.10 Å². The number of nitrogens with zero attached hydrogens (tertiary/aromatic N) is 4. The molecular formula is C19H29N5O. The molecule has 0 radical (unpaired) electrons. The molecule has 5 fully saturated rings. The maximum atomic E-state index is 13.1. The van der Waals surface area contributed by atoms with Crippen LogP contribution in [0.2, 0.25) is 0 Å². The van der Waals surface area contributed by atoms with Gasteiger partial charge in [-0.05, 0) is 81.7 Å². The summed E-state index contributed by atoms with van der Waals surface area (Å²) in [5.41, 5.74) is 0.523. The molecular weight excluding hydrogens is 314 g/mol. The molecule has 0 atom stereocenters. The van der Waals surface area contributed by atoms with Gasteiger partial charge in [-0.3, -0.25) is 4.79 Å². The van der Waals surface area contributed by atoms with Gasteiger partial charge in [-0.2, -0.15) is 0 Å². The van der Waals surface area contributed by atoms with Crippen molar-refractivity contribution in [2.45, 2.75) is 57.0 Å². The summed E-state index contributed by atoms with van der Waals surface area (Å²) in [4.78, 5) is 15.1. The molecule has 4 aliphatic carbocycles. The average molecular weight is 343 g/mol. The van der Waals surface area contributed by atoms with E-state index >= 15 is 0 Å². The Bertz CT molecular complexity index is 622. The Morgan fingerprint density at radius 1 is 1.12 bits per heavy atom.